The van der Waals surface area contributed by atoms with Crippen LogP contribution >= 0.6 is 0 Å². The Labute approximate surface area is 191 Å². The van der Waals surface area contributed by atoms with Crippen molar-refractivity contribution in [1.82, 2.24) is 19.5 Å². The van der Waals surface area contributed by atoms with Crippen molar-refractivity contribution in [2.45, 2.75) is 44.1 Å². The van der Waals surface area contributed by atoms with Crippen molar-refractivity contribution in [3.63, 3.8) is 0 Å². The van der Waals surface area contributed by atoms with Crippen LogP contribution in [0.5, 0.6) is 0 Å². The summed E-state index contributed by atoms with van der Waals surface area (Å²) in [6.07, 6.45) is 0.423. The number of hydrogen-bond acceptors (Lipinski definition) is 10. The lowest BCUT2D eigenvalue weighted by Crippen LogP contribution is -2.33. The van der Waals surface area contributed by atoms with Crippen LogP contribution in [-0.4, -0.2) is 97.1 Å². The number of rotatable bonds is 8. The van der Waals surface area contributed by atoms with Gasteiger partial charge in [-0.2, -0.15) is 5.10 Å². The van der Waals surface area contributed by atoms with Gasteiger partial charge in [0, 0.05) is 21.2 Å². The summed E-state index contributed by atoms with van der Waals surface area (Å²) in [5, 5.41) is 4.39. The molecular formula is C21H29N5O7. The van der Waals surface area contributed by atoms with Gasteiger partial charge >= 0.3 is 6.16 Å². The molecule has 2 aliphatic heterocycles. The van der Waals surface area contributed by atoms with Gasteiger partial charge in [-0.25, -0.2) is 19.3 Å². The minimum atomic E-state index is -0.808. The second-order valence-corrected chi connectivity index (χ2v) is 8.41. The Morgan fingerprint density at radius 1 is 1.24 bits per heavy atom. The van der Waals surface area contributed by atoms with Crippen LogP contribution in [0, 0.1) is 0 Å². The Morgan fingerprint density at radius 3 is 2.79 bits per heavy atom. The highest BCUT2D eigenvalue weighted by Crippen LogP contribution is 2.45. The number of carbonyl (C=O) groups excluding carboxylic acids is 1. The quantitative estimate of drug-likeness (QED) is 0.248. The predicted octanol–water partition coefficient (Wildman–Crippen LogP) is 1.71. The summed E-state index contributed by atoms with van der Waals surface area (Å²) in [4.78, 5) is 22.4. The second-order valence-electron chi connectivity index (χ2n) is 8.41. The van der Waals surface area contributed by atoms with Crippen LogP contribution in [0.15, 0.2) is 23.5 Å². The van der Waals surface area contributed by atoms with Gasteiger partial charge < -0.3 is 33.3 Å². The Balaban J connectivity index is 1.55. The van der Waals surface area contributed by atoms with E-state index in [0.717, 1.165) is 11.2 Å². The molecule has 2 aromatic heterocycles. The van der Waals surface area contributed by atoms with Gasteiger partial charge in [0.15, 0.2) is 11.6 Å². The molecule has 4 atom stereocenters. The lowest BCUT2D eigenvalue weighted by Gasteiger charge is -2.24. The largest absolute Gasteiger partial charge is 0.508 e. The average Bonchev–Trinajstić information content (AvgIpc) is 3.42. The van der Waals surface area contributed by atoms with E-state index in [4.69, 9.17) is 28.4 Å². The maximum atomic E-state index is 11.9. The van der Waals surface area contributed by atoms with Crippen LogP contribution in [0.25, 0.3) is 5.52 Å². The number of carbonyl (C=O) groups is 1. The molecular weight excluding hydrogens is 434 g/mol. The second kappa shape index (κ2) is 9.59. The molecule has 0 bridgehead atoms. The van der Waals surface area contributed by atoms with Crippen molar-refractivity contribution in [1.29, 1.82) is 0 Å². The molecule has 180 valence electrons. The maximum absolute atomic E-state index is 11.9. The van der Waals surface area contributed by atoms with Gasteiger partial charge in [-0.1, -0.05) is 0 Å². The number of nitrogens with zero attached hydrogens (tertiary/aromatic N) is 5. The van der Waals surface area contributed by atoms with Crippen LogP contribution in [0.4, 0.5) is 10.6 Å². The molecule has 2 aromatic rings. The first-order valence-electron chi connectivity index (χ1n) is 10.6. The van der Waals surface area contributed by atoms with Gasteiger partial charge in [-0.15, -0.1) is 0 Å². The zero-order valence-corrected chi connectivity index (χ0v) is 19.3. The topological polar surface area (TPSA) is 118 Å². The van der Waals surface area contributed by atoms with E-state index >= 15 is 0 Å². The molecule has 12 heteroatoms. The van der Waals surface area contributed by atoms with Crippen molar-refractivity contribution in [2.75, 3.05) is 41.0 Å². The van der Waals surface area contributed by atoms with Crippen molar-refractivity contribution < 1.29 is 33.2 Å². The van der Waals surface area contributed by atoms with Crippen LogP contribution in [0.2, 0.25) is 0 Å². The molecule has 2 saturated heterocycles. The van der Waals surface area contributed by atoms with Crippen molar-refractivity contribution in [2.24, 2.45) is 4.99 Å². The van der Waals surface area contributed by atoms with Crippen molar-refractivity contribution >= 4 is 23.8 Å². The van der Waals surface area contributed by atoms with E-state index in [1.807, 2.05) is 45.0 Å². The maximum Gasteiger partial charge on any atom is 0.508 e. The molecule has 4 rings (SSSR count). The van der Waals surface area contributed by atoms with Gasteiger partial charge in [0.05, 0.1) is 18.6 Å². The smallest absolute Gasteiger partial charge is 0.432 e. The highest BCUT2D eigenvalue weighted by atomic mass is 16.8. The molecule has 0 unspecified atom stereocenters. The van der Waals surface area contributed by atoms with Gasteiger partial charge in [-0.05, 0) is 26.0 Å². The first-order chi connectivity index (χ1) is 15.8. The lowest BCUT2D eigenvalue weighted by atomic mass is 10.1. The van der Waals surface area contributed by atoms with E-state index in [2.05, 4.69) is 15.1 Å². The number of methoxy groups -OCH3 is 1. The van der Waals surface area contributed by atoms with Crippen LogP contribution in [-0.2, 0) is 28.4 Å². The molecule has 0 saturated carbocycles. The fourth-order valence-corrected chi connectivity index (χ4v) is 3.88. The summed E-state index contributed by atoms with van der Waals surface area (Å²) >= 11 is 0. The molecule has 4 heterocycles. The van der Waals surface area contributed by atoms with Crippen molar-refractivity contribution in [3.8, 4) is 0 Å². The molecule has 12 nitrogen and oxygen atoms in total. The summed E-state index contributed by atoms with van der Waals surface area (Å²) in [5.74, 6) is -0.278. The van der Waals surface area contributed by atoms with E-state index < -0.39 is 36.4 Å². The SMILES string of the molecule is COCCOC(=O)OC[C@H]1O[C@@H](c2ccc3c(/N=C\N(C)C)ncnn23)[C@@H]2OC(C)(C)O[C@@H]21. The van der Waals surface area contributed by atoms with E-state index in [1.54, 1.807) is 10.9 Å². The number of ether oxygens (including phenoxy) is 6. The monoisotopic (exact) mass is 463 g/mol. The minimum absolute atomic E-state index is 0.0421. The normalized spacial score (nSPS) is 26.1. The molecule has 2 fully saturated rings. The van der Waals surface area contributed by atoms with E-state index in [9.17, 15) is 4.79 Å². The molecule has 0 spiro atoms. The first kappa shape index (κ1) is 23.4. The minimum Gasteiger partial charge on any atom is -0.432 e. The molecule has 0 aliphatic carbocycles. The van der Waals surface area contributed by atoms with E-state index in [-0.39, 0.29) is 19.8 Å². The zero-order valence-electron chi connectivity index (χ0n) is 19.3. The van der Waals surface area contributed by atoms with E-state index in [0.29, 0.717) is 5.82 Å². The van der Waals surface area contributed by atoms with Gasteiger partial charge in [0.25, 0.3) is 0 Å². The Kier molecular flexibility index (Phi) is 6.79. The summed E-state index contributed by atoms with van der Waals surface area (Å²) in [5.41, 5.74) is 1.49. The van der Waals surface area contributed by atoms with Crippen molar-refractivity contribution in [3.05, 3.63) is 24.2 Å². The van der Waals surface area contributed by atoms with Crippen LogP contribution in [0.1, 0.15) is 25.6 Å². The number of fused-ring (bicyclic) bond motifs is 2. The average molecular weight is 463 g/mol. The third kappa shape index (κ3) is 5.08. The Hall–Kier alpha value is -2.80. The molecule has 0 amide bonds. The lowest BCUT2D eigenvalue weighted by molar-refractivity contribution is -0.192. The van der Waals surface area contributed by atoms with Gasteiger partial charge in [0.1, 0.15) is 49.5 Å². The Morgan fingerprint density at radius 2 is 2.03 bits per heavy atom. The standard InChI is InChI=1S/C21H29N5O7/c1-21(2)32-17-15(10-30-20(27)29-9-8-28-5)31-16(18(17)33-21)13-6-7-14-19(23-12-25(3)4)22-11-24-26(13)14/h6-7,11-12,15-18H,8-10H2,1-5H3/b23-12-/t15-,16+,17-,18+/m1/s1. The number of aromatic nitrogens is 3. The van der Waals surface area contributed by atoms with Gasteiger partial charge in [0.2, 0.25) is 0 Å². The fraction of sp³-hybridized carbons (Fsp3) is 0.619. The molecule has 33 heavy (non-hydrogen) atoms. The fourth-order valence-electron chi connectivity index (χ4n) is 3.88. The highest BCUT2D eigenvalue weighted by Gasteiger charge is 2.56. The van der Waals surface area contributed by atoms with E-state index in [1.165, 1.54) is 13.4 Å². The third-order valence-electron chi connectivity index (χ3n) is 5.19. The summed E-state index contributed by atoms with van der Waals surface area (Å²) in [6.45, 7) is 4.03. The summed E-state index contributed by atoms with van der Waals surface area (Å²) in [7, 11) is 5.29. The molecule has 0 N–H and O–H groups in total. The molecule has 2 aliphatic rings. The molecule has 0 aromatic carbocycles. The van der Waals surface area contributed by atoms with Crippen LogP contribution in [0.3, 0.4) is 0 Å². The summed E-state index contributed by atoms with van der Waals surface area (Å²) in [6, 6.07) is 3.78. The summed E-state index contributed by atoms with van der Waals surface area (Å²) < 4.78 is 35.3. The number of aliphatic imine (C=N–C) groups is 1. The van der Waals surface area contributed by atoms with Crippen LogP contribution < -0.4 is 0 Å². The predicted molar refractivity (Wildman–Crippen MR) is 115 cm³/mol. The molecule has 0 radical (unpaired) electrons. The highest BCUT2D eigenvalue weighted by molar-refractivity contribution is 5.70. The third-order valence-corrected chi connectivity index (χ3v) is 5.19. The Bertz CT molecular complexity index is 1010. The number of hydrogen-bond donors (Lipinski definition) is 0. The first-order valence-corrected chi connectivity index (χ1v) is 10.6. The zero-order chi connectivity index (χ0) is 23.6. The van der Waals surface area contributed by atoms with Gasteiger partial charge in [-0.3, -0.25) is 0 Å².